The molecule has 0 saturated heterocycles. The van der Waals surface area contributed by atoms with Crippen LogP contribution in [0.3, 0.4) is 0 Å². The number of unbranched alkanes of at least 4 members (excludes halogenated alkanes) is 1. The lowest BCUT2D eigenvalue weighted by molar-refractivity contribution is 0.328. The maximum absolute atomic E-state index is 9.93. The Morgan fingerprint density at radius 1 is 0.962 bits per heavy atom. The van der Waals surface area contributed by atoms with E-state index in [1.54, 1.807) is 0 Å². The van der Waals surface area contributed by atoms with Crippen LogP contribution < -0.4 is 5.19 Å². The third-order valence-corrected chi connectivity index (χ3v) is 8.77. The number of hydrogen-bond donors (Lipinski definition) is 1. The van der Waals surface area contributed by atoms with Gasteiger partial charge in [-0.25, -0.2) is 0 Å². The first kappa shape index (κ1) is 20.7. The average Bonchev–Trinajstić information content (AvgIpc) is 2.68. The summed E-state index contributed by atoms with van der Waals surface area (Å²) in [6.45, 7) is 4.80. The molecule has 1 N–H and O–H groups in total. The molecule has 0 bridgehead atoms. The standard InChI is InChI=1S/C23H29ClOSi/c1-26(2,22-13-7-4-8-14-22)23(15-9-10-16-24)18-21(19-25)17-20-11-5-3-6-12-20/h3-8,11-14,25H,9-10,15-17,19H2,1-2H3. The van der Waals surface area contributed by atoms with Crippen LogP contribution in [0.1, 0.15) is 24.8 Å². The van der Waals surface area contributed by atoms with Crippen LogP contribution in [0.25, 0.3) is 0 Å². The number of hydrogen-bond acceptors (Lipinski definition) is 1. The Bertz CT molecular complexity index is 731. The van der Waals surface area contributed by atoms with Gasteiger partial charge in [0.25, 0.3) is 0 Å². The molecule has 0 aliphatic rings. The Balaban J connectivity index is 2.42. The van der Waals surface area contributed by atoms with Gasteiger partial charge in [0.05, 0.1) is 6.61 Å². The van der Waals surface area contributed by atoms with Crippen molar-refractivity contribution in [3.05, 3.63) is 82.7 Å². The summed E-state index contributed by atoms with van der Waals surface area (Å²) in [5.41, 5.74) is 5.83. The van der Waals surface area contributed by atoms with Crippen molar-refractivity contribution in [1.29, 1.82) is 0 Å². The average molecular weight is 385 g/mol. The largest absolute Gasteiger partial charge is 0.391 e. The van der Waals surface area contributed by atoms with E-state index in [2.05, 4.69) is 61.3 Å². The van der Waals surface area contributed by atoms with Gasteiger partial charge in [0, 0.05) is 17.9 Å². The molecule has 138 valence electrons. The van der Waals surface area contributed by atoms with E-state index in [-0.39, 0.29) is 6.61 Å². The van der Waals surface area contributed by atoms with Crippen molar-refractivity contribution >= 4 is 24.9 Å². The first-order chi connectivity index (χ1) is 12.6. The molecule has 3 heteroatoms. The second-order valence-corrected chi connectivity index (χ2v) is 12.0. The van der Waals surface area contributed by atoms with E-state index < -0.39 is 8.07 Å². The van der Waals surface area contributed by atoms with Gasteiger partial charge in [-0.2, -0.15) is 0 Å². The van der Waals surface area contributed by atoms with E-state index in [4.69, 9.17) is 11.6 Å². The Hall–Kier alpha value is -1.57. The number of rotatable bonds is 9. The van der Waals surface area contributed by atoms with Crippen molar-refractivity contribution in [3.8, 4) is 0 Å². The Morgan fingerprint density at radius 3 is 2.15 bits per heavy atom. The molecule has 0 aliphatic heterocycles. The zero-order valence-corrected chi connectivity index (χ0v) is 17.6. The summed E-state index contributed by atoms with van der Waals surface area (Å²) in [6, 6.07) is 21.0. The summed E-state index contributed by atoms with van der Waals surface area (Å²) >= 11 is 5.89. The summed E-state index contributed by atoms with van der Waals surface area (Å²) in [5.74, 6) is 0.696. The van der Waals surface area contributed by atoms with Crippen molar-refractivity contribution in [2.24, 2.45) is 0 Å². The van der Waals surface area contributed by atoms with Crippen molar-refractivity contribution in [2.45, 2.75) is 38.8 Å². The molecular weight excluding hydrogens is 356 g/mol. The molecule has 26 heavy (non-hydrogen) atoms. The molecular formula is C23H29ClOSi. The van der Waals surface area contributed by atoms with Crippen molar-refractivity contribution in [2.75, 3.05) is 12.5 Å². The molecule has 2 aromatic carbocycles. The fourth-order valence-electron chi connectivity index (χ4n) is 3.15. The lowest BCUT2D eigenvalue weighted by Gasteiger charge is -2.25. The lowest BCUT2D eigenvalue weighted by atomic mass is 10.1. The number of halogens is 1. The van der Waals surface area contributed by atoms with E-state index in [0.29, 0.717) is 5.88 Å². The minimum atomic E-state index is -1.82. The van der Waals surface area contributed by atoms with Crippen LogP contribution in [-0.2, 0) is 6.42 Å². The predicted molar refractivity (Wildman–Crippen MR) is 116 cm³/mol. The summed E-state index contributed by atoms with van der Waals surface area (Å²) in [5, 5.41) is 12.7. The molecule has 0 radical (unpaired) electrons. The normalized spacial score (nSPS) is 11.1. The zero-order valence-electron chi connectivity index (χ0n) is 15.8. The molecule has 0 heterocycles. The maximum Gasteiger partial charge on any atom is 0.116 e. The molecule has 1 nitrogen and oxygen atoms in total. The smallest absolute Gasteiger partial charge is 0.116 e. The van der Waals surface area contributed by atoms with Crippen LogP contribution in [-0.4, -0.2) is 25.7 Å². The molecule has 2 aromatic rings. The summed E-state index contributed by atoms with van der Waals surface area (Å²) in [6.07, 6.45) is 3.83. The van der Waals surface area contributed by atoms with Gasteiger partial charge in [0.1, 0.15) is 8.07 Å². The lowest BCUT2D eigenvalue weighted by Crippen LogP contribution is -2.43. The van der Waals surface area contributed by atoms with E-state index in [1.807, 2.05) is 18.2 Å². The van der Waals surface area contributed by atoms with Gasteiger partial charge in [0.15, 0.2) is 0 Å². The zero-order chi connectivity index (χ0) is 18.8. The minimum absolute atomic E-state index is 0.0488. The topological polar surface area (TPSA) is 20.2 Å². The molecule has 0 amide bonds. The highest BCUT2D eigenvalue weighted by atomic mass is 35.5. The SMILES string of the molecule is C[Si](C)(C(=C=C(CO)Cc1ccccc1)CCCCCl)c1ccccc1. The Labute approximate surface area is 164 Å². The molecule has 0 aromatic heterocycles. The van der Waals surface area contributed by atoms with Crippen LogP contribution >= 0.6 is 11.6 Å². The fraction of sp³-hybridized carbons (Fsp3) is 0.348. The molecule has 0 spiro atoms. The van der Waals surface area contributed by atoms with Crippen LogP contribution in [0.5, 0.6) is 0 Å². The first-order valence-electron chi connectivity index (χ1n) is 9.32. The molecule has 0 unspecified atom stereocenters. The number of aliphatic hydroxyl groups is 1. The van der Waals surface area contributed by atoms with Crippen LogP contribution in [0.2, 0.25) is 13.1 Å². The number of benzene rings is 2. The van der Waals surface area contributed by atoms with Gasteiger partial charge < -0.3 is 5.11 Å². The minimum Gasteiger partial charge on any atom is -0.391 e. The maximum atomic E-state index is 9.93. The first-order valence-corrected chi connectivity index (χ1v) is 12.9. The fourth-order valence-corrected chi connectivity index (χ4v) is 6.01. The predicted octanol–water partition coefficient (Wildman–Crippen LogP) is 5.24. The molecule has 0 saturated carbocycles. The Kier molecular flexibility index (Phi) is 8.41. The third kappa shape index (κ3) is 6.00. The summed E-state index contributed by atoms with van der Waals surface area (Å²) in [4.78, 5) is 0. The highest BCUT2D eigenvalue weighted by molar-refractivity contribution is 6.95. The van der Waals surface area contributed by atoms with E-state index >= 15 is 0 Å². The second-order valence-electron chi connectivity index (χ2n) is 7.16. The highest BCUT2D eigenvalue weighted by Crippen LogP contribution is 2.21. The molecule has 0 aliphatic carbocycles. The monoisotopic (exact) mass is 384 g/mol. The van der Waals surface area contributed by atoms with Gasteiger partial charge in [-0.3, -0.25) is 0 Å². The van der Waals surface area contributed by atoms with Gasteiger partial charge in [-0.1, -0.05) is 78.9 Å². The van der Waals surface area contributed by atoms with E-state index in [0.717, 1.165) is 31.3 Å². The highest BCUT2D eigenvalue weighted by Gasteiger charge is 2.28. The molecule has 2 rings (SSSR count). The van der Waals surface area contributed by atoms with Crippen molar-refractivity contribution < 1.29 is 5.11 Å². The van der Waals surface area contributed by atoms with Gasteiger partial charge in [0.2, 0.25) is 0 Å². The number of aliphatic hydroxyl groups excluding tert-OH is 1. The van der Waals surface area contributed by atoms with Gasteiger partial charge in [-0.05, 0) is 30.0 Å². The quantitative estimate of drug-likeness (QED) is 0.271. The third-order valence-electron chi connectivity index (χ3n) is 4.84. The van der Waals surface area contributed by atoms with Gasteiger partial charge >= 0.3 is 0 Å². The van der Waals surface area contributed by atoms with Gasteiger partial charge in [-0.15, -0.1) is 17.3 Å². The van der Waals surface area contributed by atoms with Crippen LogP contribution in [0.15, 0.2) is 77.2 Å². The van der Waals surface area contributed by atoms with Crippen molar-refractivity contribution in [3.63, 3.8) is 0 Å². The van der Waals surface area contributed by atoms with Crippen LogP contribution in [0, 0.1) is 0 Å². The van der Waals surface area contributed by atoms with E-state index in [1.165, 1.54) is 15.9 Å². The molecule has 0 atom stereocenters. The van der Waals surface area contributed by atoms with Crippen LogP contribution in [0.4, 0.5) is 0 Å². The summed E-state index contributed by atoms with van der Waals surface area (Å²) < 4.78 is 0. The second kappa shape index (κ2) is 10.5. The molecule has 0 fully saturated rings. The number of alkyl halides is 1. The Morgan fingerprint density at radius 2 is 1.58 bits per heavy atom. The van der Waals surface area contributed by atoms with E-state index in [9.17, 15) is 5.11 Å². The summed E-state index contributed by atoms with van der Waals surface area (Å²) in [7, 11) is -1.82. The van der Waals surface area contributed by atoms with Crippen molar-refractivity contribution in [1.82, 2.24) is 0 Å².